The lowest BCUT2D eigenvalue weighted by molar-refractivity contribution is -0.144. The highest BCUT2D eigenvalue weighted by Gasteiger charge is 1.96. The van der Waals surface area contributed by atoms with Crippen LogP contribution < -0.4 is 0 Å². The molecule has 216 valence electrons. The summed E-state index contributed by atoms with van der Waals surface area (Å²) in [6.45, 7) is 9.58. The number of rotatable bonds is 3. The molecule has 0 saturated heterocycles. The van der Waals surface area contributed by atoms with Gasteiger partial charge in [-0.1, -0.05) is 0 Å². The number of carbonyl (C=O) groups excluding carboxylic acids is 1. The second-order valence-corrected chi connectivity index (χ2v) is 4.91. The molecule has 17 heteroatoms. The SMILES string of the molecule is CC(=O)O.CC(=O)O.CC(=O)O.CC(=O)O.CC(=O)O.CC(=O)O.CC(=O)O.CCOC(=O)CCO. The van der Waals surface area contributed by atoms with E-state index in [2.05, 4.69) is 4.74 Å². The Kier molecular flexibility index (Phi) is 71.3. The lowest BCUT2D eigenvalue weighted by atomic mass is 10.5. The van der Waals surface area contributed by atoms with Crippen LogP contribution in [0.5, 0.6) is 0 Å². The molecule has 0 aromatic rings. The van der Waals surface area contributed by atoms with Gasteiger partial charge in [0.15, 0.2) is 0 Å². The summed E-state index contributed by atoms with van der Waals surface area (Å²) < 4.78 is 4.48. The molecule has 0 rings (SSSR count). The zero-order valence-corrected chi connectivity index (χ0v) is 21.4. The number of hydrogen-bond acceptors (Lipinski definition) is 10. The van der Waals surface area contributed by atoms with Crippen molar-refractivity contribution in [2.24, 2.45) is 0 Å². The van der Waals surface area contributed by atoms with E-state index in [0.29, 0.717) is 6.61 Å². The minimum absolute atomic E-state index is 0.105. The molecule has 0 aliphatic rings. The Morgan fingerprint density at radius 3 is 0.694 bits per heavy atom. The van der Waals surface area contributed by atoms with Gasteiger partial charge in [0.05, 0.1) is 19.6 Å². The Labute approximate surface area is 207 Å². The molecule has 0 bridgehead atoms. The molecule has 0 saturated carbocycles. The number of carbonyl (C=O) groups is 8. The number of aliphatic carboxylic acids is 7. The number of aliphatic hydroxyl groups is 1. The maximum atomic E-state index is 10.3. The lowest BCUT2D eigenvalue weighted by Crippen LogP contribution is -2.05. The van der Waals surface area contributed by atoms with Gasteiger partial charge >= 0.3 is 5.97 Å². The van der Waals surface area contributed by atoms with Gasteiger partial charge < -0.3 is 45.6 Å². The van der Waals surface area contributed by atoms with Gasteiger partial charge in [0.2, 0.25) is 0 Å². The summed E-state index contributed by atoms with van der Waals surface area (Å²) in [6.07, 6.45) is 0.105. The summed E-state index contributed by atoms with van der Waals surface area (Å²) in [6, 6.07) is 0. The van der Waals surface area contributed by atoms with E-state index in [4.69, 9.17) is 74.4 Å². The molecule has 0 spiro atoms. The highest BCUT2D eigenvalue weighted by Crippen LogP contribution is 1.82. The van der Waals surface area contributed by atoms with E-state index in [9.17, 15) is 4.79 Å². The molecule has 0 radical (unpaired) electrons. The maximum Gasteiger partial charge on any atom is 0.308 e. The van der Waals surface area contributed by atoms with Crippen LogP contribution in [0.15, 0.2) is 0 Å². The van der Waals surface area contributed by atoms with Crippen molar-refractivity contribution in [1.29, 1.82) is 0 Å². The second-order valence-electron chi connectivity index (χ2n) is 4.91. The Balaban J connectivity index is -0.0000000423. The van der Waals surface area contributed by atoms with E-state index >= 15 is 0 Å². The molecule has 0 aromatic heterocycles. The number of ether oxygens (including phenoxy) is 1. The topological polar surface area (TPSA) is 308 Å². The molecule has 0 aliphatic carbocycles. The first-order valence-electron chi connectivity index (χ1n) is 9.07. The Hall–Kier alpha value is -4.28. The predicted molar refractivity (Wildman–Crippen MR) is 122 cm³/mol. The van der Waals surface area contributed by atoms with Gasteiger partial charge in [-0.2, -0.15) is 0 Å². The van der Waals surface area contributed by atoms with Gasteiger partial charge in [0.25, 0.3) is 41.8 Å². The van der Waals surface area contributed by atoms with Crippen molar-refractivity contribution in [3.05, 3.63) is 0 Å². The number of hydrogen-bond donors (Lipinski definition) is 8. The number of aliphatic hydroxyl groups excluding tert-OH is 1. The third kappa shape index (κ3) is 8290. The van der Waals surface area contributed by atoms with Gasteiger partial charge in [-0.3, -0.25) is 38.4 Å². The van der Waals surface area contributed by atoms with Crippen molar-refractivity contribution in [3.8, 4) is 0 Å². The molecule has 0 aromatic carbocycles. The molecule has 0 aliphatic heterocycles. The molecule has 0 unspecified atom stereocenters. The summed E-state index contributed by atoms with van der Waals surface area (Å²) in [5.74, 6) is -6.17. The van der Waals surface area contributed by atoms with Crippen molar-refractivity contribution in [1.82, 2.24) is 0 Å². The van der Waals surface area contributed by atoms with Gasteiger partial charge in [-0.25, -0.2) is 0 Å². The first-order valence-corrected chi connectivity index (χ1v) is 9.07. The van der Waals surface area contributed by atoms with Crippen molar-refractivity contribution >= 4 is 47.8 Å². The van der Waals surface area contributed by atoms with E-state index < -0.39 is 41.8 Å². The largest absolute Gasteiger partial charge is 0.481 e. The fourth-order valence-electron chi connectivity index (χ4n) is 0.324. The van der Waals surface area contributed by atoms with Crippen LogP contribution in [0.1, 0.15) is 61.8 Å². The molecule has 36 heavy (non-hydrogen) atoms. The minimum atomic E-state index is -0.833. The van der Waals surface area contributed by atoms with E-state index in [-0.39, 0.29) is 19.0 Å². The number of esters is 1. The molecular formula is C19H38O17. The Morgan fingerprint density at radius 2 is 0.611 bits per heavy atom. The van der Waals surface area contributed by atoms with Crippen molar-refractivity contribution in [2.75, 3.05) is 13.2 Å². The van der Waals surface area contributed by atoms with Gasteiger partial charge in [0.1, 0.15) is 0 Å². The van der Waals surface area contributed by atoms with Crippen LogP contribution in [0.2, 0.25) is 0 Å². The highest BCUT2D eigenvalue weighted by atomic mass is 16.5. The second kappa shape index (κ2) is 48.2. The fraction of sp³-hybridized carbons (Fsp3) is 0.579. The van der Waals surface area contributed by atoms with Crippen LogP contribution in [0.4, 0.5) is 0 Å². The van der Waals surface area contributed by atoms with Crippen LogP contribution in [-0.2, 0) is 43.1 Å². The maximum absolute atomic E-state index is 10.3. The summed E-state index contributed by atoms with van der Waals surface area (Å²) in [5.41, 5.74) is 0. The quantitative estimate of drug-likeness (QED) is 0.227. The first-order chi connectivity index (χ1) is 15.9. The molecular weight excluding hydrogens is 500 g/mol. The van der Waals surface area contributed by atoms with Gasteiger partial charge in [-0.05, 0) is 6.92 Å². The zero-order chi connectivity index (χ0) is 31.4. The molecule has 8 N–H and O–H groups in total. The molecule has 17 nitrogen and oxygen atoms in total. The van der Waals surface area contributed by atoms with E-state index in [0.717, 1.165) is 48.5 Å². The monoisotopic (exact) mass is 538 g/mol. The van der Waals surface area contributed by atoms with Gasteiger partial charge in [0, 0.05) is 48.5 Å². The average Bonchev–Trinajstić information content (AvgIpc) is 2.51. The number of carboxylic acid groups (broad SMARTS) is 7. The van der Waals surface area contributed by atoms with Crippen molar-refractivity contribution < 1.29 is 83.9 Å². The highest BCUT2D eigenvalue weighted by molar-refractivity contribution is 5.69. The fourth-order valence-corrected chi connectivity index (χ4v) is 0.324. The van der Waals surface area contributed by atoms with E-state index in [1.54, 1.807) is 6.92 Å². The normalized spacial score (nSPS) is 6.81. The van der Waals surface area contributed by atoms with Crippen LogP contribution in [-0.4, -0.2) is 102 Å². The molecule has 0 fully saturated rings. The standard InChI is InChI=1S/C5H10O3.7C2H4O2/c1-2-8-5(7)3-4-6;7*1-2(3)4/h6H,2-4H2,1H3;7*1H3,(H,3,4). The number of carboxylic acids is 7. The Bertz CT molecular complexity index is 443. The van der Waals surface area contributed by atoms with Crippen molar-refractivity contribution in [3.63, 3.8) is 0 Å². The summed E-state index contributed by atoms with van der Waals surface area (Å²) in [4.78, 5) is 73.3. The van der Waals surface area contributed by atoms with Crippen LogP contribution in [0.3, 0.4) is 0 Å². The zero-order valence-electron chi connectivity index (χ0n) is 21.4. The van der Waals surface area contributed by atoms with E-state index in [1.807, 2.05) is 0 Å². The van der Waals surface area contributed by atoms with Crippen LogP contribution >= 0.6 is 0 Å². The third-order valence-corrected chi connectivity index (χ3v) is 0.621. The summed E-state index contributed by atoms with van der Waals surface area (Å²) >= 11 is 0. The smallest absolute Gasteiger partial charge is 0.308 e. The van der Waals surface area contributed by atoms with Crippen LogP contribution in [0, 0.1) is 0 Å². The summed E-state index contributed by atoms with van der Waals surface area (Å²) in [5, 5.41) is 60.1. The van der Waals surface area contributed by atoms with E-state index in [1.165, 1.54) is 0 Å². The first kappa shape index (κ1) is 53.2. The molecule has 0 amide bonds. The van der Waals surface area contributed by atoms with Crippen LogP contribution in [0.25, 0.3) is 0 Å². The molecule has 0 heterocycles. The van der Waals surface area contributed by atoms with Gasteiger partial charge in [-0.15, -0.1) is 0 Å². The third-order valence-electron chi connectivity index (χ3n) is 0.621. The predicted octanol–water partition coefficient (Wildman–Crippen LogP) is 0.568. The van der Waals surface area contributed by atoms with Crippen molar-refractivity contribution in [2.45, 2.75) is 61.8 Å². The summed E-state index contributed by atoms with van der Waals surface area (Å²) in [7, 11) is 0. The average molecular weight is 538 g/mol. The Morgan fingerprint density at radius 1 is 0.472 bits per heavy atom. The molecule has 0 atom stereocenters. The minimum Gasteiger partial charge on any atom is -0.481 e. The lowest BCUT2D eigenvalue weighted by Gasteiger charge is -1.96.